The van der Waals surface area contributed by atoms with Crippen molar-refractivity contribution in [2.45, 2.75) is 52.2 Å². The molecule has 1 aliphatic rings. The number of halogens is 1. The summed E-state index contributed by atoms with van der Waals surface area (Å²) in [5, 5.41) is 2.89. The quantitative estimate of drug-likeness (QED) is 0.837. The van der Waals surface area contributed by atoms with E-state index in [1.54, 1.807) is 0 Å². The molecule has 1 heterocycles. The molecule has 0 saturated carbocycles. The van der Waals surface area contributed by atoms with Gasteiger partial charge >= 0.3 is 6.09 Å². The molecule has 1 aliphatic heterocycles. The van der Waals surface area contributed by atoms with Crippen LogP contribution in [-0.2, 0) is 9.53 Å². The molecule has 126 valence electrons. The van der Waals surface area contributed by atoms with Gasteiger partial charge in [0.05, 0.1) is 0 Å². The van der Waals surface area contributed by atoms with Crippen LogP contribution in [0.5, 0.6) is 0 Å². The summed E-state index contributed by atoms with van der Waals surface area (Å²) in [6.45, 7) is 7.97. The van der Waals surface area contributed by atoms with Crippen molar-refractivity contribution >= 4 is 33.6 Å². The smallest absolute Gasteiger partial charge is 0.410 e. The Balaban J connectivity index is 2.05. The van der Waals surface area contributed by atoms with Gasteiger partial charge in [0.2, 0.25) is 5.91 Å². The molecule has 2 amide bonds. The fourth-order valence-electron chi connectivity index (χ4n) is 2.53. The van der Waals surface area contributed by atoms with Crippen LogP contribution in [0.2, 0.25) is 0 Å². The van der Waals surface area contributed by atoms with E-state index in [-0.39, 0.29) is 5.91 Å². The number of ether oxygens (including phenoxy) is 1. The van der Waals surface area contributed by atoms with Crippen molar-refractivity contribution in [3.05, 3.63) is 28.2 Å². The molecule has 0 aromatic heterocycles. The van der Waals surface area contributed by atoms with Crippen molar-refractivity contribution < 1.29 is 14.3 Å². The number of benzene rings is 1. The number of hydrogen-bond donors (Lipinski definition) is 1. The van der Waals surface area contributed by atoms with E-state index in [4.69, 9.17) is 4.74 Å². The lowest BCUT2D eigenvalue weighted by Crippen LogP contribution is -2.45. The second-order valence-electron chi connectivity index (χ2n) is 6.78. The summed E-state index contributed by atoms with van der Waals surface area (Å²) in [5.41, 5.74) is 1.20. The lowest BCUT2D eigenvalue weighted by molar-refractivity contribution is -0.120. The van der Waals surface area contributed by atoms with E-state index < -0.39 is 17.7 Å². The van der Waals surface area contributed by atoms with Crippen LogP contribution in [0.4, 0.5) is 10.5 Å². The molecular formula is C17H23BrN2O3. The van der Waals surface area contributed by atoms with Gasteiger partial charge in [0.15, 0.2) is 0 Å². The van der Waals surface area contributed by atoms with Crippen LogP contribution in [0.25, 0.3) is 0 Å². The zero-order valence-electron chi connectivity index (χ0n) is 14.0. The molecule has 0 radical (unpaired) electrons. The van der Waals surface area contributed by atoms with Gasteiger partial charge in [-0.1, -0.05) is 15.9 Å². The largest absolute Gasteiger partial charge is 0.444 e. The number of carbonyl (C=O) groups is 2. The number of likely N-dealkylation sites (tertiary alicyclic amines) is 1. The second kappa shape index (κ2) is 6.91. The first-order valence-electron chi connectivity index (χ1n) is 7.74. The van der Waals surface area contributed by atoms with Crippen LogP contribution in [0.15, 0.2) is 22.7 Å². The van der Waals surface area contributed by atoms with Crippen LogP contribution >= 0.6 is 15.9 Å². The molecule has 1 atom stereocenters. The maximum absolute atomic E-state index is 12.5. The van der Waals surface area contributed by atoms with E-state index >= 15 is 0 Å². The Morgan fingerprint density at radius 2 is 2.04 bits per heavy atom. The first-order chi connectivity index (χ1) is 10.7. The minimum absolute atomic E-state index is 0.171. The van der Waals surface area contributed by atoms with Gasteiger partial charge in [-0.15, -0.1) is 0 Å². The molecule has 0 aliphatic carbocycles. The summed E-state index contributed by atoms with van der Waals surface area (Å²) in [6.07, 6.45) is 1.03. The number of nitrogens with zero attached hydrogens (tertiary/aromatic N) is 1. The molecule has 0 bridgehead atoms. The number of carbonyl (C=O) groups excluding carboxylic acids is 2. The molecule has 6 heteroatoms. The normalized spacial score (nSPS) is 18.0. The third-order valence-corrected chi connectivity index (χ3v) is 4.50. The standard InChI is InChI=1S/C17H23BrN2O3/c1-11-10-12(7-8-13(11)18)19-15(21)14-6-5-9-20(14)16(22)23-17(2,3)4/h7-8,10,14H,5-6,9H2,1-4H3,(H,19,21)/t14-/m1/s1. The minimum Gasteiger partial charge on any atom is -0.444 e. The zero-order chi connectivity index (χ0) is 17.2. The molecule has 1 fully saturated rings. The molecular weight excluding hydrogens is 360 g/mol. The van der Waals surface area contributed by atoms with Gasteiger partial charge in [-0.3, -0.25) is 9.69 Å². The molecule has 2 rings (SSSR count). The van der Waals surface area contributed by atoms with Gasteiger partial charge in [0, 0.05) is 16.7 Å². The highest BCUT2D eigenvalue weighted by molar-refractivity contribution is 9.10. The summed E-state index contributed by atoms with van der Waals surface area (Å²) in [5.74, 6) is -0.171. The van der Waals surface area contributed by atoms with Crippen LogP contribution in [0.3, 0.4) is 0 Å². The highest BCUT2D eigenvalue weighted by Crippen LogP contribution is 2.24. The van der Waals surface area contributed by atoms with Gasteiger partial charge in [-0.2, -0.15) is 0 Å². The average Bonchev–Trinajstić information content (AvgIpc) is 2.90. The molecule has 1 N–H and O–H groups in total. The van der Waals surface area contributed by atoms with E-state index in [2.05, 4.69) is 21.2 Å². The Bertz CT molecular complexity index is 610. The Hall–Kier alpha value is -1.56. The van der Waals surface area contributed by atoms with Crippen molar-refractivity contribution in [2.75, 3.05) is 11.9 Å². The van der Waals surface area contributed by atoms with Crippen molar-refractivity contribution in [3.8, 4) is 0 Å². The summed E-state index contributed by atoms with van der Waals surface area (Å²) >= 11 is 3.44. The van der Waals surface area contributed by atoms with Crippen LogP contribution in [0.1, 0.15) is 39.2 Å². The maximum Gasteiger partial charge on any atom is 0.410 e. The zero-order valence-corrected chi connectivity index (χ0v) is 15.6. The second-order valence-corrected chi connectivity index (χ2v) is 7.64. The number of nitrogens with one attached hydrogen (secondary N) is 1. The highest BCUT2D eigenvalue weighted by atomic mass is 79.9. The van der Waals surface area contributed by atoms with Gasteiger partial charge in [-0.25, -0.2) is 4.79 Å². The third kappa shape index (κ3) is 4.70. The minimum atomic E-state index is -0.566. The van der Waals surface area contributed by atoms with Crippen LogP contribution in [0, 0.1) is 6.92 Å². The van der Waals surface area contributed by atoms with Crippen molar-refractivity contribution in [1.82, 2.24) is 4.90 Å². The molecule has 1 aromatic rings. The Morgan fingerprint density at radius 3 is 2.65 bits per heavy atom. The molecule has 0 unspecified atom stereocenters. The van der Waals surface area contributed by atoms with Crippen LogP contribution in [-0.4, -0.2) is 35.1 Å². The van der Waals surface area contributed by atoms with Crippen molar-refractivity contribution in [2.24, 2.45) is 0 Å². The monoisotopic (exact) mass is 382 g/mol. The van der Waals surface area contributed by atoms with E-state index in [1.165, 1.54) is 4.90 Å². The van der Waals surface area contributed by atoms with Gasteiger partial charge < -0.3 is 10.1 Å². The Labute approximate surface area is 145 Å². The van der Waals surface area contributed by atoms with Gasteiger partial charge in [0.25, 0.3) is 0 Å². The SMILES string of the molecule is Cc1cc(NC(=O)[C@H]2CCCN2C(=O)OC(C)(C)C)ccc1Br. The lowest BCUT2D eigenvalue weighted by Gasteiger charge is -2.28. The fraction of sp³-hybridized carbons (Fsp3) is 0.529. The highest BCUT2D eigenvalue weighted by Gasteiger charge is 2.36. The maximum atomic E-state index is 12.5. The number of anilines is 1. The number of rotatable bonds is 2. The first-order valence-corrected chi connectivity index (χ1v) is 8.53. The topological polar surface area (TPSA) is 58.6 Å². The van der Waals surface area contributed by atoms with E-state index in [1.807, 2.05) is 45.9 Å². The number of amides is 2. The average molecular weight is 383 g/mol. The molecule has 1 aromatic carbocycles. The summed E-state index contributed by atoms with van der Waals surface area (Å²) < 4.78 is 6.38. The summed E-state index contributed by atoms with van der Waals surface area (Å²) in [7, 11) is 0. The molecule has 23 heavy (non-hydrogen) atoms. The van der Waals surface area contributed by atoms with E-state index in [0.717, 1.165) is 22.1 Å². The Kier molecular flexibility index (Phi) is 5.34. The van der Waals surface area contributed by atoms with Gasteiger partial charge in [0.1, 0.15) is 11.6 Å². The van der Waals surface area contributed by atoms with E-state index in [0.29, 0.717) is 13.0 Å². The summed E-state index contributed by atoms with van der Waals surface area (Å²) in [4.78, 5) is 26.3. The number of aryl methyl sites for hydroxylation is 1. The summed E-state index contributed by atoms with van der Waals surface area (Å²) in [6, 6.07) is 5.15. The Morgan fingerprint density at radius 1 is 1.35 bits per heavy atom. The molecule has 0 spiro atoms. The predicted molar refractivity (Wildman–Crippen MR) is 93.5 cm³/mol. The fourth-order valence-corrected chi connectivity index (χ4v) is 2.77. The first kappa shape index (κ1) is 17.8. The van der Waals surface area contributed by atoms with Crippen molar-refractivity contribution in [3.63, 3.8) is 0 Å². The molecule has 5 nitrogen and oxygen atoms in total. The lowest BCUT2D eigenvalue weighted by atomic mass is 10.2. The van der Waals surface area contributed by atoms with Gasteiger partial charge in [-0.05, 0) is 64.3 Å². The number of hydrogen-bond acceptors (Lipinski definition) is 3. The van der Waals surface area contributed by atoms with Crippen LogP contribution < -0.4 is 5.32 Å². The third-order valence-electron chi connectivity index (χ3n) is 3.61. The van der Waals surface area contributed by atoms with E-state index in [9.17, 15) is 9.59 Å². The van der Waals surface area contributed by atoms with Crippen molar-refractivity contribution in [1.29, 1.82) is 0 Å². The molecule has 1 saturated heterocycles. The predicted octanol–water partition coefficient (Wildman–Crippen LogP) is 4.10.